The number of halogens is 1. The van der Waals surface area contributed by atoms with E-state index in [4.69, 9.17) is 5.73 Å². The fourth-order valence-electron chi connectivity index (χ4n) is 1.76. The molecule has 0 fully saturated rings. The summed E-state index contributed by atoms with van der Waals surface area (Å²) in [6, 6.07) is 9.25. The van der Waals surface area contributed by atoms with Gasteiger partial charge in [0.2, 0.25) is 0 Å². The minimum absolute atomic E-state index is 0.262. The van der Waals surface area contributed by atoms with Gasteiger partial charge in [-0.1, -0.05) is 12.1 Å². The zero-order valence-corrected chi connectivity index (χ0v) is 10.5. The molecule has 2 aromatic rings. The zero-order valence-electron chi connectivity index (χ0n) is 10.5. The Bertz CT molecular complexity index is 593. The van der Waals surface area contributed by atoms with Gasteiger partial charge in [-0.05, 0) is 36.8 Å². The Morgan fingerprint density at radius 1 is 1.37 bits per heavy atom. The number of nitrogen functional groups attached to an aromatic ring is 1. The molecule has 0 unspecified atom stereocenters. The Hall–Kier alpha value is -2.43. The highest BCUT2D eigenvalue weighted by Crippen LogP contribution is 2.08. The SMILES string of the molecule is Cc1cc(C(=O)NCc2cccc(F)c2)cc(N)n1. The van der Waals surface area contributed by atoms with Crippen molar-refractivity contribution in [2.75, 3.05) is 5.73 Å². The second-order valence-corrected chi connectivity index (χ2v) is 4.23. The Morgan fingerprint density at radius 2 is 2.16 bits per heavy atom. The van der Waals surface area contributed by atoms with Crippen molar-refractivity contribution in [3.05, 3.63) is 59.0 Å². The molecular formula is C14H14FN3O. The molecular weight excluding hydrogens is 245 g/mol. The number of amides is 1. The number of carbonyl (C=O) groups excluding carboxylic acids is 1. The molecule has 4 nitrogen and oxygen atoms in total. The first-order valence-corrected chi connectivity index (χ1v) is 5.81. The third kappa shape index (κ3) is 3.51. The summed E-state index contributed by atoms with van der Waals surface area (Å²) in [4.78, 5) is 15.9. The quantitative estimate of drug-likeness (QED) is 0.886. The predicted molar refractivity (Wildman–Crippen MR) is 71.0 cm³/mol. The average molecular weight is 259 g/mol. The molecule has 1 aromatic heterocycles. The maximum atomic E-state index is 13.0. The second kappa shape index (κ2) is 5.48. The Labute approximate surface area is 110 Å². The molecule has 0 radical (unpaired) electrons. The maximum absolute atomic E-state index is 13.0. The van der Waals surface area contributed by atoms with Gasteiger partial charge in [0.05, 0.1) is 0 Å². The third-order valence-corrected chi connectivity index (χ3v) is 2.58. The average Bonchev–Trinajstić information content (AvgIpc) is 2.35. The van der Waals surface area contributed by atoms with E-state index in [0.29, 0.717) is 22.6 Å². The van der Waals surface area contributed by atoms with Crippen LogP contribution in [0.4, 0.5) is 10.2 Å². The lowest BCUT2D eigenvalue weighted by Crippen LogP contribution is -2.23. The molecule has 0 saturated carbocycles. The van der Waals surface area contributed by atoms with Gasteiger partial charge >= 0.3 is 0 Å². The molecule has 0 spiro atoms. The highest BCUT2D eigenvalue weighted by molar-refractivity contribution is 5.94. The van der Waals surface area contributed by atoms with Gasteiger partial charge in [0.25, 0.3) is 5.91 Å². The molecule has 0 saturated heterocycles. The van der Waals surface area contributed by atoms with Crippen molar-refractivity contribution in [3.8, 4) is 0 Å². The van der Waals surface area contributed by atoms with Gasteiger partial charge in [0, 0.05) is 17.8 Å². The Morgan fingerprint density at radius 3 is 2.84 bits per heavy atom. The number of hydrogen-bond donors (Lipinski definition) is 2. The summed E-state index contributed by atoms with van der Waals surface area (Å²) in [6.07, 6.45) is 0. The smallest absolute Gasteiger partial charge is 0.251 e. The maximum Gasteiger partial charge on any atom is 0.251 e. The van der Waals surface area contributed by atoms with Crippen LogP contribution in [-0.2, 0) is 6.54 Å². The zero-order chi connectivity index (χ0) is 13.8. The first-order valence-electron chi connectivity index (χ1n) is 5.81. The fraction of sp³-hybridized carbons (Fsp3) is 0.143. The molecule has 0 aliphatic heterocycles. The Balaban J connectivity index is 2.05. The van der Waals surface area contributed by atoms with E-state index in [1.54, 1.807) is 25.1 Å². The van der Waals surface area contributed by atoms with E-state index < -0.39 is 0 Å². The van der Waals surface area contributed by atoms with Gasteiger partial charge in [0.1, 0.15) is 11.6 Å². The van der Waals surface area contributed by atoms with Crippen molar-refractivity contribution in [3.63, 3.8) is 0 Å². The number of rotatable bonds is 3. The first kappa shape index (κ1) is 13.0. The molecule has 98 valence electrons. The van der Waals surface area contributed by atoms with Crippen LogP contribution in [0.3, 0.4) is 0 Å². The van der Waals surface area contributed by atoms with Gasteiger partial charge in [0.15, 0.2) is 0 Å². The molecule has 3 N–H and O–H groups in total. The van der Waals surface area contributed by atoms with Crippen LogP contribution in [-0.4, -0.2) is 10.9 Å². The van der Waals surface area contributed by atoms with Crippen molar-refractivity contribution in [2.24, 2.45) is 0 Å². The van der Waals surface area contributed by atoms with Crippen LogP contribution < -0.4 is 11.1 Å². The van der Waals surface area contributed by atoms with Crippen LogP contribution >= 0.6 is 0 Å². The first-order chi connectivity index (χ1) is 9.04. The van der Waals surface area contributed by atoms with E-state index in [1.807, 2.05) is 0 Å². The molecule has 1 amide bonds. The summed E-state index contributed by atoms with van der Waals surface area (Å²) in [7, 11) is 0. The molecule has 2 rings (SSSR count). The molecule has 1 aromatic carbocycles. The summed E-state index contributed by atoms with van der Waals surface area (Å²) in [5.41, 5.74) is 7.41. The standard InChI is InChI=1S/C14H14FN3O/c1-9-5-11(7-13(16)18-9)14(19)17-8-10-3-2-4-12(15)6-10/h2-7H,8H2,1H3,(H2,16,18)(H,17,19). The van der Waals surface area contributed by atoms with E-state index in [1.165, 1.54) is 18.2 Å². The van der Waals surface area contributed by atoms with E-state index in [9.17, 15) is 9.18 Å². The van der Waals surface area contributed by atoms with E-state index in [0.717, 1.165) is 0 Å². The van der Waals surface area contributed by atoms with Gasteiger partial charge in [-0.15, -0.1) is 0 Å². The summed E-state index contributed by atoms with van der Waals surface area (Å²) >= 11 is 0. The van der Waals surface area contributed by atoms with Crippen molar-refractivity contribution in [2.45, 2.75) is 13.5 Å². The van der Waals surface area contributed by atoms with Crippen molar-refractivity contribution >= 4 is 11.7 Å². The van der Waals surface area contributed by atoms with Gasteiger partial charge in [-0.2, -0.15) is 0 Å². The van der Waals surface area contributed by atoms with Crippen LogP contribution in [0.1, 0.15) is 21.6 Å². The molecule has 0 aliphatic carbocycles. The number of pyridine rings is 1. The minimum Gasteiger partial charge on any atom is -0.384 e. The lowest BCUT2D eigenvalue weighted by Gasteiger charge is -2.07. The number of nitrogens with two attached hydrogens (primary N) is 1. The molecule has 0 aliphatic rings. The monoisotopic (exact) mass is 259 g/mol. The number of nitrogens with zero attached hydrogens (tertiary/aromatic N) is 1. The minimum atomic E-state index is -0.323. The number of aromatic nitrogens is 1. The van der Waals surface area contributed by atoms with Crippen molar-refractivity contribution < 1.29 is 9.18 Å². The fourth-order valence-corrected chi connectivity index (χ4v) is 1.76. The van der Waals surface area contributed by atoms with E-state index >= 15 is 0 Å². The normalized spacial score (nSPS) is 10.2. The number of hydrogen-bond acceptors (Lipinski definition) is 3. The summed E-state index contributed by atoms with van der Waals surface area (Å²) in [5.74, 6) is -0.284. The van der Waals surface area contributed by atoms with Gasteiger partial charge in [-0.3, -0.25) is 4.79 Å². The number of benzene rings is 1. The van der Waals surface area contributed by atoms with E-state index in [-0.39, 0.29) is 18.3 Å². The highest BCUT2D eigenvalue weighted by atomic mass is 19.1. The molecule has 1 heterocycles. The van der Waals surface area contributed by atoms with Gasteiger partial charge in [-0.25, -0.2) is 9.37 Å². The van der Waals surface area contributed by atoms with Crippen LogP contribution in [0.15, 0.2) is 36.4 Å². The summed E-state index contributed by atoms with van der Waals surface area (Å²) in [5, 5.41) is 2.71. The predicted octanol–water partition coefficient (Wildman–Crippen LogP) is 2.04. The van der Waals surface area contributed by atoms with Crippen molar-refractivity contribution in [1.29, 1.82) is 0 Å². The van der Waals surface area contributed by atoms with Crippen molar-refractivity contribution in [1.82, 2.24) is 10.3 Å². The molecule has 5 heteroatoms. The number of nitrogens with one attached hydrogen (secondary N) is 1. The van der Waals surface area contributed by atoms with Crippen LogP contribution in [0.25, 0.3) is 0 Å². The number of aryl methyl sites for hydroxylation is 1. The lowest BCUT2D eigenvalue weighted by atomic mass is 10.2. The lowest BCUT2D eigenvalue weighted by molar-refractivity contribution is 0.0950. The third-order valence-electron chi connectivity index (χ3n) is 2.58. The Kier molecular flexibility index (Phi) is 3.75. The van der Waals surface area contributed by atoms with Crippen LogP contribution in [0.5, 0.6) is 0 Å². The second-order valence-electron chi connectivity index (χ2n) is 4.23. The number of carbonyl (C=O) groups is 1. The van der Waals surface area contributed by atoms with E-state index in [2.05, 4.69) is 10.3 Å². The highest BCUT2D eigenvalue weighted by Gasteiger charge is 2.07. The van der Waals surface area contributed by atoms with Crippen LogP contribution in [0.2, 0.25) is 0 Å². The largest absolute Gasteiger partial charge is 0.384 e. The summed E-state index contributed by atoms with van der Waals surface area (Å²) < 4.78 is 13.0. The topological polar surface area (TPSA) is 68.0 Å². The van der Waals surface area contributed by atoms with Gasteiger partial charge < -0.3 is 11.1 Å². The molecule has 0 atom stereocenters. The number of anilines is 1. The summed E-state index contributed by atoms with van der Waals surface area (Å²) in [6.45, 7) is 2.03. The van der Waals surface area contributed by atoms with Crippen LogP contribution in [0, 0.1) is 12.7 Å². The molecule has 0 bridgehead atoms. The molecule has 19 heavy (non-hydrogen) atoms.